The molecule has 0 aromatic carbocycles. The summed E-state index contributed by atoms with van der Waals surface area (Å²) in [7, 11) is 2.08. The van der Waals surface area contributed by atoms with Crippen LogP contribution in [0, 0.1) is 0 Å². The van der Waals surface area contributed by atoms with Crippen molar-refractivity contribution < 1.29 is 4.79 Å². The number of aromatic nitrogens is 2. The minimum Gasteiger partial charge on any atom is -0.364 e. The molecule has 1 amide bonds. The SMILES string of the molecule is CN1CCCn2c(CCCN3CCCC3)nc(C(N)=O)c2C1. The highest BCUT2D eigenvalue weighted by Gasteiger charge is 2.23. The summed E-state index contributed by atoms with van der Waals surface area (Å²) in [5.74, 6) is 0.642. The number of primary amides is 1. The predicted molar refractivity (Wildman–Crippen MR) is 85.7 cm³/mol. The number of nitrogens with zero attached hydrogens (tertiary/aromatic N) is 4. The molecule has 1 aromatic heterocycles. The molecule has 0 bridgehead atoms. The molecule has 0 saturated carbocycles. The van der Waals surface area contributed by atoms with Gasteiger partial charge in [-0.15, -0.1) is 0 Å². The Bertz CT molecular complexity index is 533. The Morgan fingerprint density at radius 1 is 1.18 bits per heavy atom. The molecular weight excluding hydrogens is 278 g/mol. The number of imidazole rings is 1. The third-order valence-corrected chi connectivity index (χ3v) is 4.80. The van der Waals surface area contributed by atoms with E-state index >= 15 is 0 Å². The predicted octanol–water partition coefficient (Wildman–Crippen LogP) is 0.846. The second-order valence-corrected chi connectivity index (χ2v) is 6.58. The summed E-state index contributed by atoms with van der Waals surface area (Å²) in [5.41, 5.74) is 7.01. The van der Waals surface area contributed by atoms with Gasteiger partial charge < -0.3 is 20.1 Å². The smallest absolute Gasteiger partial charge is 0.269 e. The van der Waals surface area contributed by atoms with Crippen molar-refractivity contribution in [2.45, 2.75) is 45.2 Å². The Balaban J connectivity index is 1.72. The Labute approximate surface area is 132 Å². The van der Waals surface area contributed by atoms with Gasteiger partial charge in [0, 0.05) is 19.5 Å². The highest BCUT2D eigenvalue weighted by Crippen LogP contribution is 2.19. The van der Waals surface area contributed by atoms with E-state index in [0.717, 1.165) is 57.0 Å². The summed E-state index contributed by atoms with van der Waals surface area (Å²) in [5, 5.41) is 0. The average Bonchev–Trinajstić information content (AvgIpc) is 3.05. The zero-order valence-electron chi connectivity index (χ0n) is 13.6. The summed E-state index contributed by atoms with van der Waals surface area (Å²) in [6.07, 6.45) is 5.79. The molecule has 1 fully saturated rings. The van der Waals surface area contributed by atoms with Crippen LogP contribution in [0.2, 0.25) is 0 Å². The second-order valence-electron chi connectivity index (χ2n) is 6.58. The first-order valence-corrected chi connectivity index (χ1v) is 8.44. The van der Waals surface area contributed by atoms with E-state index in [1.807, 2.05) is 0 Å². The average molecular weight is 305 g/mol. The molecule has 122 valence electrons. The first-order chi connectivity index (χ1) is 10.6. The van der Waals surface area contributed by atoms with Crippen molar-refractivity contribution in [1.82, 2.24) is 19.4 Å². The molecule has 1 saturated heterocycles. The molecule has 6 nitrogen and oxygen atoms in total. The molecule has 6 heteroatoms. The quantitative estimate of drug-likeness (QED) is 0.875. The van der Waals surface area contributed by atoms with Crippen LogP contribution < -0.4 is 5.73 Å². The fourth-order valence-electron chi connectivity index (χ4n) is 3.65. The van der Waals surface area contributed by atoms with Crippen LogP contribution in [-0.4, -0.2) is 58.5 Å². The maximum absolute atomic E-state index is 11.7. The standard InChI is InChI=1S/C16H27N5O/c1-19-7-5-11-21-13(12-19)15(16(17)22)18-14(21)6-4-10-20-8-2-3-9-20/h2-12H2,1H3,(H2,17,22). The van der Waals surface area contributed by atoms with Crippen LogP contribution in [0.3, 0.4) is 0 Å². The lowest BCUT2D eigenvalue weighted by Crippen LogP contribution is -2.21. The van der Waals surface area contributed by atoms with Crippen molar-refractivity contribution in [2.24, 2.45) is 5.73 Å². The van der Waals surface area contributed by atoms with Crippen molar-refractivity contribution >= 4 is 5.91 Å². The maximum atomic E-state index is 11.7. The van der Waals surface area contributed by atoms with Crippen molar-refractivity contribution in [1.29, 1.82) is 0 Å². The molecule has 3 rings (SSSR count). The van der Waals surface area contributed by atoms with Crippen molar-refractivity contribution in [3.63, 3.8) is 0 Å². The number of likely N-dealkylation sites (tertiary alicyclic amines) is 1. The van der Waals surface area contributed by atoms with Crippen LogP contribution in [0.25, 0.3) is 0 Å². The zero-order chi connectivity index (χ0) is 15.5. The Morgan fingerprint density at radius 2 is 1.95 bits per heavy atom. The lowest BCUT2D eigenvalue weighted by Gasteiger charge is -2.14. The highest BCUT2D eigenvalue weighted by molar-refractivity contribution is 5.92. The van der Waals surface area contributed by atoms with Gasteiger partial charge in [-0.2, -0.15) is 0 Å². The molecule has 2 N–H and O–H groups in total. The Morgan fingerprint density at radius 3 is 2.68 bits per heavy atom. The number of carbonyl (C=O) groups excluding carboxylic acids is 1. The number of fused-ring (bicyclic) bond motifs is 1. The van der Waals surface area contributed by atoms with Gasteiger partial charge in [-0.05, 0) is 58.9 Å². The molecule has 0 radical (unpaired) electrons. The van der Waals surface area contributed by atoms with Gasteiger partial charge in [0.25, 0.3) is 5.91 Å². The summed E-state index contributed by atoms with van der Waals surface area (Å²) in [6.45, 7) is 6.35. The fraction of sp³-hybridized carbons (Fsp3) is 0.750. The van der Waals surface area contributed by atoms with E-state index in [1.165, 1.54) is 25.9 Å². The summed E-state index contributed by atoms with van der Waals surface area (Å²) in [6, 6.07) is 0. The van der Waals surface area contributed by atoms with Crippen LogP contribution in [0.1, 0.15) is 47.7 Å². The number of rotatable bonds is 5. The molecule has 0 spiro atoms. The number of aryl methyl sites for hydroxylation is 1. The second kappa shape index (κ2) is 6.79. The molecule has 0 aliphatic carbocycles. The van der Waals surface area contributed by atoms with Crippen LogP contribution in [-0.2, 0) is 19.5 Å². The zero-order valence-corrected chi connectivity index (χ0v) is 13.6. The molecule has 2 aliphatic heterocycles. The van der Waals surface area contributed by atoms with Gasteiger partial charge in [0.2, 0.25) is 0 Å². The summed E-state index contributed by atoms with van der Waals surface area (Å²) >= 11 is 0. The number of amides is 1. The molecule has 0 atom stereocenters. The normalized spacial score (nSPS) is 20.0. The number of hydrogen-bond donors (Lipinski definition) is 1. The molecule has 22 heavy (non-hydrogen) atoms. The van der Waals surface area contributed by atoms with Crippen LogP contribution in [0.5, 0.6) is 0 Å². The number of nitrogens with two attached hydrogens (primary N) is 1. The summed E-state index contributed by atoms with van der Waals surface area (Å²) < 4.78 is 2.24. The van der Waals surface area contributed by atoms with Crippen molar-refractivity contribution in [3.05, 3.63) is 17.2 Å². The van der Waals surface area contributed by atoms with Gasteiger partial charge in [0.15, 0.2) is 5.69 Å². The third-order valence-electron chi connectivity index (χ3n) is 4.80. The number of hydrogen-bond acceptors (Lipinski definition) is 4. The molecular formula is C16H27N5O. The lowest BCUT2D eigenvalue weighted by molar-refractivity contribution is 0.0994. The van der Waals surface area contributed by atoms with Crippen LogP contribution in [0.4, 0.5) is 0 Å². The van der Waals surface area contributed by atoms with Gasteiger partial charge in [-0.25, -0.2) is 4.98 Å². The van der Waals surface area contributed by atoms with Gasteiger partial charge >= 0.3 is 0 Å². The minimum atomic E-state index is -0.398. The molecule has 3 heterocycles. The van der Waals surface area contributed by atoms with Crippen molar-refractivity contribution in [3.8, 4) is 0 Å². The number of carbonyl (C=O) groups is 1. The Hall–Kier alpha value is -1.40. The fourth-order valence-corrected chi connectivity index (χ4v) is 3.65. The van der Waals surface area contributed by atoms with E-state index < -0.39 is 5.91 Å². The van der Waals surface area contributed by atoms with E-state index in [2.05, 4.69) is 26.4 Å². The molecule has 2 aliphatic rings. The monoisotopic (exact) mass is 305 g/mol. The molecule has 1 aromatic rings. The van der Waals surface area contributed by atoms with Crippen LogP contribution in [0.15, 0.2) is 0 Å². The van der Waals surface area contributed by atoms with E-state index in [9.17, 15) is 4.79 Å². The van der Waals surface area contributed by atoms with Gasteiger partial charge in [-0.1, -0.05) is 0 Å². The van der Waals surface area contributed by atoms with Crippen LogP contribution >= 0.6 is 0 Å². The van der Waals surface area contributed by atoms with Crippen molar-refractivity contribution in [2.75, 3.05) is 33.2 Å². The van der Waals surface area contributed by atoms with Gasteiger partial charge in [0.1, 0.15) is 5.82 Å². The van der Waals surface area contributed by atoms with E-state index in [4.69, 9.17) is 5.73 Å². The highest BCUT2D eigenvalue weighted by atomic mass is 16.1. The first kappa shape index (κ1) is 15.5. The van der Waals surface area contributed by atoms with E-state index in [-0.39, 0.29) is 0 Å². The van der Waals surface area contributed by atoms with Gasteiger partial charge in [0.05, 0.1) is 5.69 Å². The largest absolute Gasteiger partial charge is 0.364 e. The summed E-state index contributed by atoms with van der Waals surface area (Å²) in [4.78, 5) is 21.0. The first-order valence-electron chi connectivity index (χ1n) is 8.44. The molecule has 0 unspecified atom stereocenters. The maximum Gasteiger partial charge on any atom is 0.269 e. The van der Waals surface area contributed by atoms with E-state index in [0.29, 0.717) is 5.69 Å². The van der Waals surface area contributed by atoms with Gasteiger partial charge in [-0.3, -0.25) is 4.79 Å². The lowest BCUT2D eigenvalue weighted by atomic mass is 10.2. The minimum absolute atomic E-state index is 0.398. The Kier molecular flexibility index (Phi) is 4.78. The van der Waals surface area contributed by atoms with E-state index in [1.54, 1.807) is 0 Å². The third kappa shape index (κ3) is 3.33. The topological polar surface area (TPSA) is 67.4 Å².